The fraction of sp³-hybridized carbons (Fsp3) is 0.500. The van der Waals surface area contributed by atoms with E-state index in [0.29, 0.717) is 5.92 Å². The molecule has 0 N–H and O–H groups in total. The Hall–Kier alpha value is -3.66. The molecule has 0 aliphatic carbocycles. The van der Waals surface area contributed by atoms with Crippen LogP contribution in [0.4, 0.5) is 0 Å². The smallest absolute Gasteiger partial charge is 0.130 e. The number of rotatable bonds is 18. The Balaban J connectivity index is 0.000000480. The van der Waals surface area contributed by atoms with Gasteiger partial charge in [0.25, 0.3) is 0 Å². The van der Waals surface area contributed by atoms with Gasteiger partial charge in [-0.3, -0.25) is 0 Å². The summed E-state index contributed by atoms with van der Waals surface area (Å²) in [6, 6.07) is 12.4. The van der Waals surface area contributed by atoms with Gasteiger partial charge in [0.15, 0.2) is 0 Å². The predicted octanol–water partition coefficient (Wildman–Crippen LogP) is 12.6. The summed E-state index contributed by atoms with van der Waals surface area (Å²) < 4.78 is 16.5. The molecule has 266 valence electrons. The van der Waals surface area contributed by atoms with Crippen molar-refractivity contribution in [2.45, 2.75) is 107 Å². The predicted molar refractivity (Wildman–Crippen MR) is 211 cm³/mol. The molecular weight excluding hydrogens is 590 g/mol. The van der Waals surface area contributed by atoms with Gasteiger partial charge in [-0.25, -0.2) is 0 Å². The lowest BCUT2D eigenvalue weighted by Crippen LogP contribution is -2.17. The van der Waals surface area contributed by atoms with E-state index >= 15 is 0 Å². The molecule has 0 aromatic heterocycles. The minimum atomic E-state index is 0.479. The lowest BCUT2D eigenvalue weighted by Gasteiger charge is -2.20. The van der Waals surface area contributed by atoms with Crippen LogP contribution in [0.1, 0.15) is 117 Å². The van der Waals surface area contributed by atoms with Crippen LogP contribution in [0, 0.1) is 12.8 Å². The van der Waals surface area contributed by atoms with Gasteiger partial charge in [-0.05, 0) is 112 Å². The van der Waals surface area contributed by atoms with Crippen LogP contribution in [0.3, 0.4) is 0 Å². The molecule has 2 rings (SSSR count). The van der Waals surface area contributed by atoms with Crippen molar-refractivity contribution in [3.63, 3.8) is 0 Å². The summed E-state index contributed by atoms with van der Waals surface area (Å²) in [4.78, 5) is 2.31. The van der Waals surface area contributed by atoms with Crippen molar-refractivity contribution in [2.24, 2.45) is 5.92 Å². The van der Waals surface area contributed by atoms with Crippen molar-refractivity contribution in [1.29, 1.82) is 0 Å². The molecule has 0 spiro atoms. The molecule has 0 aliphatic rings. The number of benzene rings is 2. The summed E-state index contributed by atoms with van der Waals surface area (Å²) in [7, 11) is 7.30. The highest BCUT2D eigenvalue weighted by atomic mass is 16.5. The zero-order chi connectivity index (χ0) is 36.1. The van der Waals surface area contributed by atoms with Crippen LogP contribution in [-0.4, -0.2) is 39.8 Å². The normalized spacial score (nSPS) is 13.5. The molecule has 1 atom stereocenters. The van der Waals surface area contributed by atoms with E-state index < -0.39 is 0 Å². The monoisotopic (exact) mass is 658 g/mol. The molecular formula is C44H67NO3. The molecule has 0 heterocycles. The van der Waals surface area contributed by atoms with Gasteiger partial charge in [-0.1, -0.05) is 89.5 Å². The van der Waals surface area contributed by atoms with Crippen LogP contribution in [0.25, 0.3) is 11.1 Å². The molecule has 2 aromatic carbocycles. The van der Waals surface area contributed by atoms with E-state index in [1.807, 2.05) is 12.1 Å². The summed E-state index contributed by atoms with van der Waals surface area (Å²) >= 11 is 0. The molecule has 0 bridgehead atoms. The second-order valence-electron chi connectivity index (χ2n) is 12.7. The van der Waals surface area contributed by atoms with Crippen LogP contribution in [0.2, 0.25) is 0 Å². The topological polar surface area (TPSA) is 30.9 Å². The molecule has 0 radical (unpaired) electrons. The SMILES string of the molecule is CCCC/C(=C/C=C(/c1ccc(OC)cc1OC)C(C)CC)CC.CCCN(C)C(/C=C(\C)CC)=C/C=C(\C)c1ccc(C)cc1OC. The maximum absolute atomic E-state index is 5.62. The van der Waals surface area contributed by atoms with Gasteiger partial charge >= 0.3 is 0 Å². The Bertz CT molecular complexity index is 1390. The molecule has 0 fully saturated rings. The van der Waals surface area contributed by atoms with E-state index in [1.54, 1.807) is 21.3 Å². The largest absolute Gasteiger partial charge is 0.497 e. The molecule has 2 aromatic rings. The zero-order valence-corrected chi connectivity index (χ0v) is 32.8. The van der Waals surface area contributed by atoms with Crippen LogP contribution in [0.15, 0.2) is 83.6 Å². The lowest BCUT2D eigenvalue weighted by atomic mass is 9.90. The van der Waals surface area contributed by atoms with Gasteiger partial charge < -0.3 is 19.1 Å². The number of unbranched alkanes of at least 4 members (excludes halogenated alkanes) is 1. The number of ether oxygens (including phenoxy) is 3. The first-order valence-corrected chi connectivity index (χ1v) is 18.1. The van der Waals surface area contributed by atoms with E-state index in [9.17, 15) is 0 Å². The molecule has 0 saturated heterocycles. The van der Waals surface area contributed by atoms with Crippen molar-refractivity contribution in [2.75, 3.05) is 34.9 Å². The van der Waals surface area contributed by atoms with Crippen LogP contribution in [-0.2, 0) is 0 Å². The number of nitrogens with zero attached hydrogens (tertiary/aromatic N) is 1. The third kappa shape index (κ3) is 14.2. The number of aryl methyl sites for hydroxylation is 1. The van der Waals surface area contributed by atoms with Gasteiger partial charge in [0.05, 0.1) is 21.3 Å². The fourth-order valence-electron chi connectivity index (χ4n) is 5.29. The van der Waals surface area contributed by atoms with Crippen LogP contribution in [0.5, 0.6) is 17.2 Å². The fourth-order valence-corrected chi connectivity index (χ4v) is 5.29. The molecule has 48 heavy (non-hydrogen) atoms. The third-order valence-corrected chi connectivity index (χ3v) is 8.90. The highest BCUT2D eigenvalue weighted by Crippen LogP contribution is 2.35. The average molecular weight is 658 g/mol. The molecule has 1 unspecified atom stereocenters. The summed E-state index contributed by atoms with van der Waals surface area (Å²) in [5.74, 6) is 3.11. The molecule has 4 nitrogen and oxygen atoms in total. The summed E-state index contributed by atoms with van der Waals surface area (Å²) in [5, 5.41) is 0. The van der Waals surface area contributed by atoms with Gasteiger partial charge in [0.2, 0.25) is 0 Å². The van der Waals surface area contributed by atoms with Crippen molar-refractivity contribution in [3.8, 4) is 17.2 Å². The first-order chi connectivity index (χ1) is 23.0. The molecule has 4 heteroatoms. The minimum absolute atomic E-state index is 0.479. The average Bonchev–Trinajstić information content (AvgIpc) is 3.10. The molecule has 0 saturated carbocycles. The lowest BCUT2D eigenvalue weighted by molar-refractivity contribution is 0.393. The Morgan fingerprint density at radius 3 is 2.00 bits per heavy atom. The number of allylic oxidation sites excluding steroid dienone is 9. The third-order valence-electron chi connectivity index (χ3n) is 8.90. The number of likely N-dealkylation sites (N-methyl/N-ethyl adjacent to an activating group) is 1. The van der Waals surface area contributed by atoms with Gasteiger partial charge in [0, 0.05) is 36.5 Å². The molecule has 0 amide bonds. The first-order valence-electron chi connectivity index (χ1n) is 18.1. The van der Waals surface area contributed by atoms with Crippen molar-refractivity contribution >= 4 is 11.1 Å². The Morgan fingerprint density at radius 1 is 0.771 bits per heavy atom. The maximum Gasteiger partial charge on any atom is 0.130 e. The highest BCUT2D eigenvalue weighted by Gasteiger charge is 2.15. The Labute approximate surface area is 295 Å². The Morgan fingerprint density at radius 2 is 1.44 bits per heavy atom. The first kappa shape index (κ1) is 42.4. The second kappa shape index (κ2) is 23.6. The van der Waals surface area contributed by atoms with Crippen LogP contribution >= 0.6 is 0 Å². The van der Waals surface area contributed by atoms with E-state index in [-0.39, 0.29) is 0 Å². The van der Waals surface area contributed by atoms with Crippen LogP contribution < -0.4 is 14.2 Å². The van der Waals surface area contributed by atoms with Gasteiger partial charge in [-0.2, -0.15) is 0 Å². The summed E-state index contributed by atoms with van der Waals surface area (Å²) in [6.45, 7) is 20.9. The van der Waals surface area contributed by atoms with E-state index in [1.165, 1.54) is 52.8 Å². The van der Waals surface area contributed by atoms with E-state index in [4.69, 9.17) is 14.2 Å². The van der Waals surface area contributed by atoms with Crippen molar-refractivity contribution in [3.05, 3.63) is 100 Å². The summed E-state index contributed by atoms with van der Waals surface area (Å²) in [5.41, 5.74) is 10.2. The van der Waals surface area contributed by atoms with Gasteiger partial charge in [-0.15, -0.1) is 0 Å². The van der Waals surface area contributed by atoms with Gasteiger partial charge in [0.1, 0.15) is 17.2 Å². The van der Waals surface area contributed by atoms with E-state index in [0.717, 1.165) is 60.6 Å². The number of hydrogen-bond acceptors (Lipinski definition) is 4. The Kier molecular flexibility index (Phi) is 20.9. The van der Waals surface area contributed by atoms with Crippen molar-refractivity contribution in [1.82, 2.24) is 4.90 Å². The molecule has 0 aliphatic heterocycles. The zero-order valence-electron chi connectivity index (χ0n) is 32.8. The summed E-state index contributed by atoms with van der Waals surface area (Å²) in [6.07, 6.45) is 19.4. The standard InChI is InChI=1S/C22H33NO.C22H34O2/c1-8-14-23(6)20(15-17(3)9-2)12-11-19(5)21-13-10-18(4)16-22(21)24-7;1-7-10-11-18(9-3)12-14-20(17(4)8-2)21-15-13-19(23-5)16-22(21)24-6/h10-13,15-16H,8-9,14H2,1-7H3;12-17H,7-11H2,1-6H3/b17-15+,19-11+,20-12+;18-12+,20-14+. The van der Waals surface area contributed by atoms with Crippen molar-refractivity contribution < 1.29 is 14.2 Å². The highest BCUT2D eigenvalue weighted by molar-refractivity contribution is 5.74. The minimum Gasteiger partial charge on any atom is -0.497 e. The number of methoxy groups -OCH3 is 3. The quantitative estimate of drug-likeness (QED) is 0.149. The maximum atomic E-state index is 5.62. The second-order valence-corrected chi connectivity index (χ2v) is 12.7. The number of hydrogen-bond donors (Lipinski definition) is 0. The van der Waals surface area contributed by atoms with E-state index in [2.05, 4.69) is 129 Å².